The summed E-state index contributed by atoms with van der Waals surface area (Å²) in [5.74, 6) is 1.70. The number of benzene rings is 1. The zero-order valence-electron chi connectivity index (χ0n) is 17.9. The molecule has 2 aromatic heterocycles. The average molecular weight is 440 g/mol. The molecule has 4 rings (SSSR count). The summed E-state index contributed by atoms with van der Waals surface area (Å²) in [5, 5.41) is 12.6. The van der Waals surface area contributed by atoms with E-state index in [1.807, 2.05) is 34.9 Å². The minimum absolute atomic E-state index is 0.0488. The van der Waals surface area contributed by atoms with Crippen LogP contribution in [-0.4, -0.2) is 57.0 Å². The Hall–Kier alpha value is -2.58. The first-order valence-electron chi connectivity index (χ1n) is 10.9. The lowest BCUT2D eigenvalue weighted by atomic mass is 10.1. The van der Waals surface area contributed by atoms with Crippen LogP contribution in [-0.2, 0) is 11.3 Å². The summed E-state index contributed by atoms with van der Waals surface area (Å²) < 4.78 is 7.56. The van der Waals surface area contributed by atoms with Crippen molar-refractivity contribution in [2.75, 3.05) is 25.4 Å². The quantitative estimate of drug-likeness (QED) is 0.513. The van der Waals surface area contributed by atoms with Crippen LogP contribution in [0.5, 0.6) is 0 Å². The molecule has 3 heterocycles. The molecule has 164 valence electrons. The largest absolute Gasteiger partial charge is 0.461 e. The molecule has 1 aromatic carbocycles. The Balaban J connectivity index is 1.38. The highest BCUT2D eigenvalue weighted by atomic mass is 32.2. The molecule has 0 saturated carbocycles. The standard InChI is InChI=1S/C23H29N5O2S/c1-2-12-27-13-10-19(11-14-27)24-21(29)17-31-23-26-25-22(20-9-6-15-30-20)28(23)16-18-7-4-3-5-8-18/h3-9,15,19H,2,10-14,16-17H2,1H3,(H,24,29). The normalized spacial score (nSPS) is 15.3. The third-order valence-corrected chi connectivity index (χ3v) is 6.43. The summed E-state index contributed by atoms with van der Waals surface area (Å²) >= 11 is 1.41. The number of hydrogen-bond acceptors (Lipinski definition) is 6. The summed E-state index contributed by atoms with van der Waals surface area (Å²) in [6.07, 6.45) is 4.84. The van der Waals surface area contributed by atoms with Crippen molar-refractivity contribution < 1.29 is 9.21 Å². The number of thioether (sulfide) groups is 1. The number of hydrogen-bond donors (Lipinski definition) is 1. The number of piperidine rings is 1. The van der Waals surface area contributed by atoms with Gasteiger partial charge in [-0.3, -0.25) is 9.36 Å². The Labute approximate surface area is 187 Å². The molecule has 7 nitrogen and oxygen atoms in total. The highest BCUT2D eigenvalue weighted by molar-refractivity contribution is 7.99. The van der Waals surface area contributed by atoms with E-state index in [0.717, 1.165) is 38.0 Å². The maximum atomic E-state index is 12.6. The smallest absolute Gasteiger partial charge is 0.230 e. The van der Waals surface area contributed by atoms with Gasteiger partial charge in [0.1, 0.15) is 0 Å². The number of rotatable bonds is 9. The zero-order chi connectivity index (χ0) is 21.5. The fourth-order valence-electron chi connectivity index (χ4n) is 3.91. The van der Waals surface area contributed by atoms with Crippen molar-refractivity contribution in [2.24, 2.45) is 0 Å². The van der Waals surface area contributed by atoms with E-state index in [-0.39, 0.29) is 11.9 Å². The number of carbonyl (C=O) groups excluding carboxylic acids is 1. The van der Waals surface area contributed by atoms with Crippen LogP contribution in [0, 0.1) is 0 Å². The average Bonchev–Trinajstić information content (AvgIpc) is 3.45. The van der Waals surface area contributed by atoms with E-state index in [2.05, 4.69) is 39.5 Å². The highest BCUT2D eigenvalue weighted by Crippen LogP contribution is 2.25. The van der Waals surface area contributed by atoms with Crippen LogP contribution in [0.3, 0.4) is 0 Å². The lowest BCUT2D eigenvalue weighted by molar-refractivity contribution is -0.119. The van der Waals surface area contributed by atoms with Gasteiger partial charge in [0.25, 0.3) is 0 Å². The molecule has 1 aliphatic rings. The van der Waals surface area contributed by atoms with Gasteiger partial charge in [0.05, 0.1) is 18.6 Å². The molecule has 0 atom stereocenters. The molecule has 0 aliphatic carbocycles. The molecule has 8 heteroatoms. The van der Waals surface area contributed by atoms with Crippen LogP contribution >= 0.6 is 11.8 Å². The second-order valence-electron chi connectivity index (χ2n) is 7.83. The Morgan fingerprint density at radius 3 is 2.68 bits per heavy atom. The van der Waals surface area contributed by atoms with Crippen molar-refractivity contribution in [3.63, 3.8) is 0 Å². The third kappa shape index (κ3) is 5.77. The minimum atomic E-state index is 0.0488. The monoisotopic (exact) mass is 439 g/mol. The number of amides is 1. The van der Waals surface area contributed by atoms with Gasteiger partial charge in [-0.2, -0.15) is 0 Å². The Morgan fingerprint density at radius 1 is 1.16 bits per heavy atom. The van der Waals surface area contributed by atoms with Crippen LogP contribution in [0.2, 0.25) is 0 Å². The molecule has 1 N–H and O–H groups in total. The number of furan rings is 1. The number of likely N-dealkylation sites (tertiary alicyclic amines) is 1. The van der Waals surface area contributed by atoms with Gasteiger partial charge in [0, 0.05) is 19.1 Å². The van der Waals surface area contributed by atoms with Crippen LogP contribution in [0.1, 0.15) is 31.7 Å². The lowest BCUT2D eigenvalue weighted by Crippen LogP contribution is -2.45. The second kappa shape index (κ2) is 10.6. The van der Waals surface area contributed by atoms with Crippen LogP contribution in [0.25, 0.3) is 11.6 Å². The van der Waals surface area contributed by atoms with Gasteiger partial charge in [-0.25, -0.2) is 0 Å². The first-order valence-corrected chi connectivity index (χ1v) is 11.9. The Morgan fingerprint density at radius 2 is 1.97 bits per heavy atom. The van der Waals surface area contributed by atoms with Gasteiger partial charge in [0.2, 0.25) is 11.7 Å². The van der Waals surface area contributed by atoms with Crippen molar-refractivity contribution in [3.05, 3.63) is 54.3 Å². The fourth-order valence-corrected chi connectivity index (χ4v) is 4.66. The van der Waals surface area contributed by atoms with Gasteiger partial charge in [-0.05, 0) is 43.5 Å². The van der Waals surface area contributed by atoms with Gasteiger partial charge in [0.15, 0.2) is 10.9 Å². The fraction of sp³-hybridized carbons (Fsp3) is 0.435. The predicted octanol–water partition coefficient (Wildman–Crippen LogP) is 3.67. The highest BCUT2D eigenvalue weighted by Gasteiger charge is 2.21. The van der Waals surface area contributed by atoms with E-state index in [1.54, 1.807) is 6.26 Å². The van der Waals surface area contributed by atoms with E-state index in [0.29, 0.717) is 29.0 Å². The molecule has 3 aromatic rings. The number of nitrogens with zero attached hydrogens (tertiary/aromatic N) is 4. The topological polar surface area (TPSA) is 76.2 Å². The van der Waals surface area contributed by atoms with Gasteiger partial charge in [-0.1, -0.05) is 49.0 Å². The molecule has 1 saturated heterocycles. The number of aromatic nitrogens is 3. The van der Waals surface area contributed by atoms with Crippen molar-refractivity contribution in [2.45, 2.75) is 43.9 Å². The Bertz CT molecular complexity index is 950. The molecule has 0 unspecified atom stereocenters. The molecule has 1 fully saturated rings. The van der Waals surface area contributed by atoms with E-state index in [1.165, 1.54) is 18.2 Å². The Kier molecular flexibility index (Phi) is 7.43. The summed E-state index contributed by atoms with van der Waals surface area (Å²) in [7, 11) is 0. The molecule has 0 radical (unpaired) electrons. The minimum Gasteiger partial charge on any atom is -0.461 e. The molecule has 0 spiro atoms. The second-order valence-corrected chi connectivity index (χ2v) is 8.77. The number of nitrogens with one attached hydrogen (secondary N) is 1. The van der Waals surface area contributed by atoms with Crippen LogP contribution in [0.4, 0.5) is 0 Å². The van der Waals surface area contributed by atoms with E-state index < -0.39 is 0 Å². The maximum Gasteiger partial charge on any atom is 0.230 e. The lowest BCUT2D eigenvalue weighted by Gasteiger charge is -2.32. The van der Waals surface area contributed by atoms with Crippen molar-refractivity contribution in [3.8, 4) is 11.6 Å². The molecule has 31 heavy (non-hydrogen) atoms. The number of carbonyl (C=O) groups is 1. The van der Waals surface area contributed by atoms with Crippen molar-refractivity contribution in [1.29, 1.82) is 0 Å². The summed E-state index contributed by atoms with van der Waals surface area (Å²) in [6.45, 7) is 6.09. The first kappa shape index (κ1) is 21.6. The van der Waals surface area contributed by atoms with E-state index in [4.69, 9.17) is 4.42 Å². The van der Waals surface area contributed by atoms with Crippen LogP contribution < -0.4 is 5.32 Å². The van der Waals surface area contributed by atoms with Gasteiger partial charge >= 0.3 is 0 Å². The molecular weight excluding hydrogens is 410 g/mol. The first-order chi connectivity index (χ1) is 15.2. The zero-order valence-corrected chi connectivity index (χ0v) is 18.7. The summed E-state index contributed by atoms with van der Waals surface area (Å²) in [6, 6.07) is 14.1. The molecule has 0 bridgehead atoms. The van der Waals surface area contributed by atoms with E-state index >= 15 is 0 Å². The maximum absolute atomic E-state index is 12.6. The van der Waals surface area contributed by atoms with E-state index in [9.17, 15) is 4.79 Å². The SMILES string of the molecule is CCCN1CCC(NC(=O)CSc2nnc(-c3ccco3)n2Cc2ccccc2)CC1. The van der Waals surface area contributed by atoms with Crippen molar-refractivity contribution >= 4 is 17.7 Å². The summed E-state index contributed by atoms with van der Waals surface area (Å²) in [4.78, 5) is 15.0. The molecular formula is C23H29N5O2S. The predicted molar refractivity (Wildman–Crippen MR) is 122 cm³/mol. The van der Waals surface area contributed by atoms with Crippen LogP contribution in [0.15, 0.2) is 58.3 Å². The molecule has 1 aliphatic heterocycles. The van der Waals surface area contributed by atoms with Gasteiger partial charge in [-0.15, -0.1) is 10.2 Å². The summed E-state index contributed by atoms with van der Waals surface area (Å²) in [5.41, 5.74) is 1.14. The van der Waals surface area contributed by atoms with Gasteiger partial charge < -0.3 is 14.6 Å². The molecule has 1 amide bonds. The third-order valence-electron chi connectivity index (χ3n) is 5.47. The van der Waals surface area contributed by atoms with Crippen molar-refractivity contribution in [1.82, 2.24) is 25.0 Å².